The Hall–Kier alpha value is -2.59. The first kappa shape index (κ1) is 18.7. The van der Waals surface area contributed by atoms with Gasteiger partial charge in [0.1, 0.15) is 0 Å². The minimum absolute atomic E-state index is 0. The second kappa shape index (κ2) is 9.04. The van der Waals surface area contributed by atoms with Gasteiger partial charge in [-0.1, -0.05) is 24.3 Å². The normalized spacial score (nSPS) is 11.6. The molecule has 1 aliphatic rings. The van der Waals surface area contributed by atoms with Gasteiger partial charge in [-0.25, -0.2) is 0 Å². The van der Waals surface area contributed by atoms with E-state index in [0.717, 1.165) is 35.5 Å². The van der Waals surface area contributed by atoms with Crippen LogP contribution in [0.4, 0.5) is 0 Å². The highest BCUT2D eigenvalue weighted by Gasteiger charge is 2.11. The third-order valence-electron chi connectivity index (χ3n) is 3.90. The van der Waals surface area contributed by atoms with E-state index in [1.165, 1.54) is 10.9 Å². The zero-order valence-electron chi connectivity index (χ0n) is 14.3. The summed E-state index contributed by atoms with van der Waals surface area (Å²) in [5, 5.41) is 1.20. The van der Waals surface area contributed by atoms with Crippen LogP contribution in [0.3, 0.4) is 0 Å². The summed E-state index contributed by atoms with van der Waals surface area (Å²) in [5.74, 6) is 1.56. The second-order valence-corrected chi connectivity index (χ2v) is 5.39. The van der Waals surface area contributed by atoms with Crippen molar-refractivity contribution >= 4 is 29.5 Å². The molecule has 0 unspecified atom stereocenters. The molecule has 3 aromatic rings. The zero-order valence-corrected chi connectivity index (χ0v) is 15.1. The van der Waals surface area contributed by atoms with Crippen molar-refractivity contribution in [3.05, 3.63) is 65.9 Å². The van der Waals surface area contributed by atoms with Crippen LogP contribution in [0, 0.1) is 0 Å². The Morgan fingerprint density at radius 3 is 2.40 bits per heavy atom. The summed E-state index contributed by atoms with van der Waals surface area (Å²) in [6.45, 7) is 0.864. The van der Waals surface area contributed by atoms with E-state index in [9.17, 15) is 0 Å². The Morgan fingerprint density at radius 2 is 1.64 bits per heavy atom. The van der Waals surface area contributed by atoms with E-state index < -0.39 is 0 Å². The van der Waals surface area contributed by atoms with Crippen LogP contribution in [-0.4, -0.2) is 32.0 Å². The monoisotopic (exact) mass is 356 g/mol. The molecule has 0 saturated carbocycles. The maximum absolute atomic E-state index is 5.23. The van der Waals surface area contributed by atoms with Crippen molar-refractivity contribution in [2.24, 2.45) is 4.99 Å². The van der Waals surface area contributed by atoms with Crippen molar-refractivity contribution < 1.29 is 9.47 Å². The molecule has 0 N–H and O–H groups in total. The molecule has 25 heavy (non-hydrogen) atoms. The molecule has 0 radical (unpaired) electrons. The van der Waals surface area contributed by atoms with Gasteiger partial charge in [-0.15, -0.1) is 12.4 Å². The van der Waals surface area contributed by atoms with E-state index in [0.29, 0.717) is 0 Å². The van der Waals surface area contributed by atoms with E-state index in [1.807, 2.05) is 48.8 Å². The molecular weight excluding hydrogens is 336 g/mol. The molecule has 0 aliphatic carbocycles. The van der Waals surface area contributed by atoms with Crippen molar-refractivity contribution in [3.63, 3.8) is 0 Å². The number of para-hydroxylation sites is 1. The fourth-order valence-corrected chi connectivity index (χ4v) is 2.64. The number of nitrogens with zero attached hydrogens (tertiary/aromatic N) is 2. The first-order chi connectivity index (χ1) is 11.8. The first-order valence-corrected chi connectivity index (χ1v) is 7.86. The minimum Gasteiger partial charge on any atom is -0.493 e. The molecule has 2 heterocycles. The van der Waals surface area contributed by atoms with Gasteiger partial charge < -0.3 is 9.47 Å². The number of pyridine rings is 1. The molecule has 1 aliphatic heterocycles. The fraction of sp³-hybridized carbons (Fsp3) is 0.200. The van der Waals surface area contributed by atoms with Gasteiger partial charge in [0.05, 0.1) is 19.7 Å². The van der Waals surface area contributed by atoms with Gasteiger partial charge in [0, 0.05) is 24.3 Å². The predicted molar refractivity (Wildman–Crippen MR) is 105 cm³/mol. The van der Waals surface area contributed by atoms with Crippen molar-refractivity contribution in [1.82, 2.24) is 4.98 Å². The quantitative estimate of drug-likeness (QED) is 0.686. The molecule has 130 valence electrons. The number of hydrogen-bond acceptors (Lipinski definition) is 4. The number of benzene rings is 2. The smallest absolute Gasteiger partial charge is 0.161 e. The summed E-state index contributed by atoms with van der Waals surface area (Å²) >= 11 is 0. The third kappa shape index (κ3) is 4.48. The summed E-state index contributed by atoms with van der Waals surface area (Å²) < 4.78 is 10.4. The number of hydrogen-bond donors (Lipinski definition) is 0. The standard InChI is InChI=1S/C11H13NO2.C9H7N.ClH/c1-13-10-5-8-3-4-12-7-9(8)6-11(10)14-2;1-2-6-9-8(4-1)5-3-7-10-9;/h5-7H,3-4H2,1-2H3;1-7H;1H. The molecule has 2 aromatic carbocycles. The number of methoxy groups -OCH3 is 2. The number of rotatable bonds is 2. The summed E-state index contributed by atoms with van der Waals surface area (Å²) in [7, 11) is 3.30. The van der Waals surface area contributed by atoms with Gasteiger partial charge in [0.2, 0.25) is 0 Å². The molecule has 4 rings (SSSR count). The lowest BCUT2D eigenvalue weighted by Gasteiger charge is -2.14. The van der Waals surface area contributed by atoms with Gasteiger partial charge in [0.25, 0.3) is 0 Å². The van der Waals surface area contributed by atoms with Crippen LogP contribution in [0.15, 0.2) is 59.7 Å². The maximum atomic E-state index is 5.23. The van der Waals surface area contributed by atoms with Gasteiger partial charge in [-0.3, -0.25) is 9.98 Å². The summed E-state index contributed by atoms with van der Waals surface area (Å²) in [4.78, 5) is 8.41. The highest BCUT2D eigenvalue weighted by atomic mass is 35.5. The fourth-order valence-electron chi connectivity index (χ4n) is 2.64. The Balaban J connectivity index is 0.000000182. The molecular formula is C20H21ClN2O2. The Kier molecular flexibility index (Phi) is 6.78. The Morgan fingerprint density at radius 1 is 0.920 bits per heavy atom. The molecule has 0 saturated heterocycles. The highest BCUT2D eigenvalue weighted by Crippen LogP contribution is 2.31. The van der Waals surface area contributed by atoms with Crippen molar-refractivity contribution in [1.29, 1.82) is 0 Å². The van der Waals surface area contributed by atoms with Gasteiger partial charge in [-0.05, 0) is 41.8 Å². The van der Waals surface area contributed by atoms with Crippen LogP contribution in [0.25, 0.3) is 10.9 Å². The zero-order chi connectivity index (χ0) is 16.8. The molecule has 0 atom stereocenters. The lowest BCUT2D eigenvalue weighted by molar-refractivity contribution is 0.354. The van der Waals surface area contributed by atoms with E-state index in [2.05, 4.69) is 22.1 Å². The van der Waals surface area contributed by atoms with Crippen LogP contribution in [0.5, 0.6) is 11.5 Å². The average molecular weight is 357 g/mol. The van der Waals surface area contributed by atoms with E-state index in [4.69, 9.17) is 9.47 Å². The van der Waals surface area contributed by atoms with Crippen molar-refractivity contribution in [3.8, 4) is 11.5 Å². The van der Waals surface area contributed by atoms with Crippen molar-refractivity contribution in [2.75, 3.05) is 20.8 Å². The molecule has 0 spiro atoms. The van der Waals surface area contributed by atoms with Gasteiger partial charge in [0.15, 0.2) is 11.5 Å². The molecule has 5 heteroatoms. The molecule has 1 aromatic heterocycles. The number of halogens is 1. The SMILES string of the molecule is COc1cc2c(cc1OC)CCN=C2.Cl.c1ccc2ncccc2c1. The molecule has 0 fully saturated rings. The van der Waals surface area contributed by atoms with E-state index in [-0.39, 0.29) is 12.4 Å². The van der Waals surface area contributed by atoms with Crippen LogP contribution in [0.2, 0.25) is 0 Å². The van der Waals surface area contributed by atoms with Crippen LogP contribution in [-0.2, 0) is 6.42 Å². The highest BCUT2D eigenvalue weighted by molar-refractivity contribution is 5.85. The first-order valence-electron chi connectivity index (χ1n) is 7.86. The van der Waals surface area contributed by atoms with E-state index in [1.54, 1.807) is 14.2 Å². The summed E-state index contributed by atoms with van der Waals surface area (Å²) in [5.41, 5.74) is 3.47. The van der Waals surface area contributed by atoms with Crippen LogP contribution in [0.1, 0.15) is 11.1 Å². The number of ether oxygens (including phenoxy) is 2. The Labute approximate surface area is 153 Å². The lowest BCUT2D eigenvalue weighted by Crippen LogP contribution is -2.04. The molecule has 4 nitrogen and oxygen atoms in total. The van der Waals surface area contributed by atoms with Gasteiger partial charge in [-0.2, -0.15) is 0 Å². The lowest BCUT2D eigenvalue weighted by atomic mass is 10.0. The molecule has 0 bridgehead atoms. The number of aromatic nitrogens is 1. The van der Waals surface area contributed by atoms with Crippen molar-refractivity contribution in [2.45, 2.75) is 6.42 Å². The van der Waals surface area contributed by atoms with Crippen LogP contribution >= 0.6 is 12.4 Å². The Bertz CT molecular complexity index is 800. The number of aliphatic imine (C=N–C) groups is 1. The minimum atomic E-state index is 0. The summed E-state index contributed by atoms with van der Waals surface area (Å²) in [6.07, 6.45) is 4.68. The largest absolute Gasteiger partial charge is 0.493 e. The second-order valence-electron chi connectivity index (χ2n) is 5.39. The van der Waals surface area contributed by atoms with Gasteiger partial charge >= 0.3 is 0 Å². The average Bonchev–Trinajstić information content (AvgIpc) is 2.67. The predicted octanol–water partition coefficient (Wildman–Crippen LogP) is 4.34. The topological polar surface area (TPSA) is 43.7 Å². The third-order valence-corrected chi connectivity index (χ3v) is 3.90. The number of fused-ring (bicyclic) bond motifs is 2. The molecule has 0 amide bonds. The maximum Gasteiger partial charge on any atom is 0.161 e. The van der Waals surface area contributed by atoms with E-state index >= 15 is 0 Å². The summed E-state index contributed by atoms with van der Waals surface area (Å²) in [6, 6.07) is 16.1. The van der Waals surface area contributed by atoms with Crippen LogP contribution < -0.4 is 9.47 Å².